The second-order valence-corrected chi connectivity index (χ2v) is 15.5. The molecule has 0 spiro atoms. The number of carbonyl (C=O) groups excluding carboxylic acids is 3. The predicted molar refractivity (Wildman–Crippen MR) is 260 cm³/mol. The molecule has 0 radical (unpaired) electrons. The number of rotatable bonds is 41. The van der Waals surface area contributed by atoms with Crippen LogP contribution in [0.25, 0.3) is 0 Å². The number of ether oxygens (including phenoxy) is 3. The molecule has 0 aliphatic carbocycles. The highest BCUT2D eigenvalue weighted by Gasteiger charge is 2.19. The Kier molecular flexibility index (Phi) is 45.1. The lowest BCUT2D eigenvalue weighted by Crippen LogP contribution is -2.30. The van der Waals surface area contributed by atoms with Crippen LogP contribution >= 0.6 is 0 Å². The molecule has 0 N–H and O–H groups in total. The SMILES string of the molecule is CC/C=C/C=C/C=C/C=C/C=C/CCCCCC(=O)OCC(COC(=O)CCCCC/C=C/C=C/C=C/C=C/CC)OC(=O)CCCCCCCCC/C=C/CCCCCC. The van der Waals surface area contributed by atoms with Gasteiger partial charge in [0, 0.05) is 19.3 Å². The van der Waals surface area contributed by atoms with Gasteiger partial charge in [-0.05, 0) is 83.5 Å². The molecule has 0 aliphatic heterocycles. The number of allylic oxidation sites excluding steroid dienone is 20. The average molecular weight is 843 g/mol. The Labute approximate surface area is 373 Å². The summed E-state index contributed by atoms with van der Waals surface area (Å²) in [6.45, 7) is 6.24. The number of hydrogen-bond donors (Lipinski definition) is 0. The number of unbranched alkanes of at least 4 members (excludes halogenated alkanes) is 17. The lowest BCUT2D eigenvalue weighted by atomic mass is 10.1. The van der Waals surface area contributed by atoms with Gasteiger partial charge in [-0.2, -0.15) is 0 Å². The van der Waals surface area contributed by atoms with E-state index >= 15 is 0 Å². The van der Waals surface area contributed by atoms with Crippen LogP contribution < -0.4 is 0 Å². The van der Waals surface area contributed by atoms with E-state index in [9.17, 15) is 14.4 Å². The predicted octanol–water partition coefficient (Wildman–Crippen LogP) is 15.7. The summed E-state index contributed by atoms with van der Waals surface area (Å²) in [5.41, 5.74) is 0. The van der Waals surface area contributed by atoms with Crippen molar-refractivity contribution in [3.05, 3.63) is 122 Å². The van der Waals surface area contributed by atoms with Gasteiger partial charge in [0.25, 0.3) is 0 Å². The van der Waals surface area contributed by atoms with Gasteiger partial charge >= 0.3 is 17.9 Å². The van der Waals surface area contributed by atoms with E-state index < -0.39 is 6.10 Å². The van der Waals surface area contributed by atoms with Crippen molar-refractivity contribution >= 4 is 17.9 Å². The summed E-state index contributed by atoms with van der Waals surface area (Å²) in [5.74, 6) is -1.01. The molecule has 6 heteroatoms. The van der Waals surface area contributed by atoms with Crippen LogP contribution in [0.3, 0.4) is 0 Å². The van der Waals surface area contributed by atoms with E-state index in [4.69, 9.17) is 14.2 Å². The minimum atomic E-state index is -0.816. The van der Waals surface area contributed by atoms with Gasteiger partial charge in [0.05, 0.1) is 0 Å². The molecule has 0 rings (SSSR count). The average Bonchev–Trinajstić information content (AvgIpc) is 3.26. The number of hydrogen-bond acceptors (Lipinski definition) is 6. The second-order valence-electron chi connectivity index (χ2n) is 15.5. The largest absolute Gasteiger partial charge is 0.462 e. The van der Waals surface area contributed by atoms with Gasteiger partial charge in [0.15, 0.2) is 6.10 Å². The Morgan fingerprint density at radius 2 is 0.656 bits per heavy atom. The van der Waals surface area contributed by atoms with Crippen molar-refractivity contribution < 1.29 is 28.6 Å². The maximum absolute atomic E-state index is 12.8. The van der Waals surface area contributed by atoms with E-state index in [-0.39, 0.29) is 31.1 Å². The fourth-order valence-electron chi connectivity index (χ4n) is 6.05. The Balaban J connectivity index is 4.56. The van der Waals surface area contributed by atoms with Crippen molar-refractivity contribution in [3.8, 4) is 0 Å². The van der Waals surface area contributed by atoms with Gasteiger partial charge in [0.2, 0.25) is 0 Å². The molecule has 0 fully saturated rings. The Bertz CT molecular complexity index is 1340. The van der Waals surface area contributed by atoms with E-state index in [1.54, 1.807) is 0 Å². The monoisotopic (exact) mass is 843 g/mol. The van der Waals surface area contributed by atoms with Crippen molar-refractivity contribution in [2.24, 2.45) is 0 Å². The lowest BCUT2D eigenvalue weighted by molar-refractivity contribution is -0.167. The van der Waals surface area contributed by atoms with E-state index in [1.165, 1.54) is 64.2 Å². The zero-order chi connectivity index (χ0) is 44.4. The topological polar surface area (TPSA) is 78.9 Å². The van der Waals surface area contributed by atoms with Crippen molar-refractivity contribution in [2.75, 3.05) is 13.2 Å². The molecule has 0 aromatic carbocycles. The van der Waals surface area contributed by atoms with Gasteiger partial charge in [-0.3, -0.25) is 14.4 Å². The first-order chi connectivity index (χ1) is 30.0. The summed E-state index contributed by atoms with van der Waals surface area (Å²) in [6.07, 6.45) is 66.0. The highest BCUT2D eigenvalue weighted by Crippen LogP contribution is 2.13. The molecule has 6 nitrogen and oxygen atoms in total. The highest BCUT2D eigenvalue weighted by atomic mass is 16.6. The van der Waals surface area contributed by atoms with Gasteiger partial charge < -0.3 is 14.2 Å². The van der Waals surface area contributed by atoms with Gasteiger partial charge in [-0.15, -0.1) is 0 Å². The third kappa shape index (κ3) is 46.7. The standard InChI is InChI=1S/C55H86O6/c1-4-7-10-13-16-19-22-25-27-30-33-36-39-42-45-48-54(57)60-51-52(50-59-53(56)47-44-41-38-35-32-29-24-21-18-15-12-9-6-3)61-55(58)49-46-43-40-37-34-31-28-26-23-20-17-14-11-8-5-2/h7,9-10,12-13,15-16,18-25,27,29-30,32-33,52H,4-6,8,11,14,17,26,28,31,34-51H2,1-3H3/b10-7+,12-9+,16-13+,18-15+,22-19+,23-20+,24-21+,27-25+,32-29+,33-30+. The van der Waals surface area contributed by atoms with E-state index in [0.29, 0.717) is 19.3 Å². The first kappa shape index (κ1) is 56.8. The quantitative estimate of drug-likeness (QED) is 0.0201. The van der Waals surface area contributed by atoms with Crippen LogP contribution in [0.15, 0.2) is 122 Å². The molecule has 0 aromatic rings. The first-order valence-corrected chi connectivity index (χ1v) is 24.2. The molecule has 1 unspecified atom stereocenters. The molecule has 0 aliphatic rings. The molecule has 342 valence electrons. The number of esters is 3. The summed E-state index contributed by atoms with van der Waals surface area (Å²) < 4.78 is 16.7. The summed E-state index contributed by atoms with van der Waals surface area (Å²) >= 11 is 0. The van der Waals surface area contributed by atoms with E-state index in [2.05, 4.69) is 57.2 Å². The maximum atomic E-state index is 12.8. The van der Waals surface area contributed by atoms with Gasteiger partial charge in [0.1, 0.15) is 13.2 Å². The van der Waals surface area contributed by atoms with Gasteiger partial charge in [-0.1, -0.05) is 206 Å². The Morgan fingerprint density at radius 1 is 0.344 bits per heavy atom. The van der Waals surface area contributed by atoms with E-state index in [1.807, 2.05) is 85.1 Å². The van der Waals surface area contributed by atoms with Crippen molar-refractivity contribution in [2.45, 2.75) is 194 Å². The minimum absolute atomic E-state index is 0.118. The summed E-state index contributed by atoms with van der Waals surface area (Å²) in [6, 6.07) is 0. The van der Waals surface area contributed by atoms with Crippen LogP contribution in [0.2, 0.25) is 0 Å². The molecule has 0 bridgehead atoms. The molecule has 0 heterocycles. The molecular weight excluding hydrogens is 757 g/mol. The fourth-order valence-corrected chi connectivity index (χ4v) is 6.05. The molecule has 0 amide bonds. The molecule has 0 aromatic heterocycles. The van der Waals surface area contributed by atoms with Crippen LogP contribution in [0, 0.1) is 0 Å². The van der Waals surface area contributed by atoms with Crippen LogP contribution in [-0.2, 0) is 28.6 Å². The molecule has 61 heavy (non-hydrogen) atoms. The second kappa shape index (κ2) is 48.5. The minimum Gasteiger partial charge on any atom is -0.462 e. The third-order valence-electron chi connectivity index (χ3n) is 9.65. The fraction of sp³-hybridized carbons (Fsp3) is 0.582. The molecule has 0 saturated carbocycles. The van der Waals surface area contributed by atoms with Crippen molar-refractivity contribution in [1.29, 1.82) is 0 Å². The smallest absolute Gasteiger partial charge is 0.306 e. The zero-order valence-electron chi connectivity index (χ0n) is 38.9. The summed E-state index contributed by atoms with van der Waals surface area (Å²) in [5, 5.41) is 0. The van der Waals surface area contributed by atoms with Gasteiger partial charge in [-0.25, -0.2) is 0 Å². The Hall–Kier alpha value is -4.19. The van der Waals surface area contributed by atoms with Crippen molar-refractivity contribution in [3.63, 3.8) is 0 Å². The van der Waals surface area contributed by atoms with Crippen LogP contribution in [0.5, 0.6) is 0 Å². The highest BCUT2D eigenvalue weighted by molar-refractivity contribution is 5.71. The summed E-state index contributed by atoms with van der Waals surface area (Å²) in [7, 11) is 0. The number of carbonyl (C=O) groups is 3. The first-order valence-electron chi connectivity index (χ1n) is 24.2. The molecular formula is C55H86O6. The molecule has 0 saturated heterocycles. The van der Waals surface area contributed by atoms with Crippen LogP contribution in [0.4, 0.5) is 0 Å². The van der Waals surface area contributed by atoms with Crippen molar-refractivity contribution in [1.82, 2.24) is 0 Å². The molecule has 1 atom stereocenters. The Morgan fingerprint density at radius 3 is 1.07 bits per heavy atom. The maximum Gasteiger partial charge on any atom is 0.306 e. The normalized spacial score (nSPS) is 13.2. The van der Waals surface area contributed by atoms with E-state index in [0.717, 1.165) is 83.5 Å². The third-order valence-corrected chi connectivity index (χ3v) is 9.65. The zero-order valence-corrected chi connectivity index (χ0v) is 38.9. The lowest BCUT2D eigenvalue weighted by Gasteiger charge is -2.18. The summed E-state index contributed by atoms with van der Waals surface area (Å²) in [4.78, 5) is 37.9. The van der Waals surface area contributed by atoms with Crippen LogP contribution in [0.1, 0.15) is 188 Å². The van der Waals surface area contributed by atoms with Crippen LogP contribution in [-0.4, -0.2) is 37.2 Å².